The Balaban J connectivity index is 2.31. The van der Waals surface area contributed by atoms with Crippen LogP contribution in [0.3, 0.4) is 0 Å². The highest BCUT2D eigenvalue weighted by Gasteiger charge is 2.45. The van der Waals surface area contributed by atoms with E-state index < -0.39 is 11.6 Å². The first-order chi connectivity index (χ1) is 9.39. The number of aromatic nitrogens is 1. The molecule has 2 rings (SSSR count). The fraction of sp³-hybridized carbons (Fsp3) is 0.533. The average molecular weight is 275 g/mol. The molecule has 2 heterocycles. The van der Waals surface area contributed by atoms with Gasteiger partial charge in [-0.15, -0.1) is 0 Å². The van der Waals surface area contributed by atoms with E-state index in [1.54, 1.807) is 31.1 Å². The summed E-state index contributed by atoms with van der Waals surface area (Å²) in [5.41, 5.74) is 1.24. The fourth-order valence-corrected chi connectivity index (χ4v) is 2.36. The van der Waals surface area contributed by atoms with Gasteiger partial charge in [-0.25, -0.2) is 0 Å². The smallest absolute Gasteiger partial charge is 0.249 e. The van der Waals surface area contributed by atoms with E-state index in [1.165, 1.54) is 0 Å². The summed E-state index contributed by atoms with van der Waals surface area (Å²) in [5.74, 6) is -0.133. The van der Waals surface area contributed by atoms with Gasteiger partial charge >= 0.3 is 0 Å². The van der Waals surface area contributed by atoms with Gasteiger partial charge < -0.3 is 10.2 Å². The molecule has 2 atom stereocenters. The van der Waals surface area contributed by atoms with E-state index in [2.05, 4.69) is 10.3 Å². The first-order valence-corrected chi connectivity index (χ1v) is 6.91. The van der Waals surface area contributed by atoms with Crippen LogP contribution in [0, 0.1) is 6.92 Å². The zero-order valence-corrected chi connectivity index (χ0v) is 12.4. The molecule has 0 aromatic carbocycles. The molecule has 0 radical (unpaired) electrons. The third-order valence-electron chi connectivity index (χ3n) is 4.17. The van der Waals surface area contributed by atoms with Crippen LogP contribution >= 0.6 is 0 Å². The summed E-state index contributed by atoms with van der Waals surface area (Å²) in [6.45, 7) is 7.84. The van der Waals surface area contributed by atoms with Crippen LogP contribution in [0.25, 0.3) is 0 Å². The number of rotatable bonds is 3. The van der Waals surface area contributed by atoms with Crippen LogP contribution < -0.4 is 5.32 Å². The Hall–Kier alpha value is -1.91. The summed E-state index contributed by atoms with van der Waals surface area (Å²) in [4.78, 5) is 30.5. The van der Waals surface area contributed by atoms with Gasteiger partial charge in [0.05, 0.1) is 0 Å². The summed E-state index contributed by atoms with van der Waals surface area (Å²) in [6, 6.07) is 1.45. The van der Waals surface area contributed by atoms with Crippen molar-refractivity contribution < 1.29 is 9.59 Å². The van der Waals surface area contributed by atoms with Gasteiger partial charge in [0.2, 0.25) is 11.8 Å². The summed E-state index contributed by atoms with van der Waals surface area (Å²) in [6.07, 6.45) is 4.06. The number of hydrogen-bond donors (Lipinski definition) is 1. The standard InChI is InChI=1S/C15H21N3O2/c1-5-15(4)14(20)18(11(3)13(19)17-15)9-12-8-16-7-6-10(12)2/h6-8,11H,5,9H2,1-4H3,(H,17,19). The van der Waals surface area contributed by atoms with E-state index in [0.717, 1.165) is 11.1 Å². The summed E-state index contributed by atoms with van der Waals surface area (Å²) >= 11 is 0. The van der Waals surface area contributed by atoms with E-state index >= 15 is 0 Å². The Labute approximate surface area is 119 Å². The molecule has 0 aliphatic carbocycles. The van der Waals surface area contributed by atoms with Gasteiger partial charge in [0.15, 0.2) is 0 Å². The molecule has 5 heteroatoms. The molecule has 1 saturated heterocycles. The van der Waals surface area contributed by atoms with Gasteiger partial charge in [-0.3, -0.25) is 14.6 Å². The molecule has 5 nitrogen and oxygen atoms in total. The lowest BCUT2D eigenvalue weighted by atomic mass is 9.91. The van der Waals surface area contributed by atoms with Crippen LogP contribution in [0.1, 0.15) is 38.3 Å². The van der Waals surface area contributed by atoms with E-state index in [4.69, 9.17) is 0 Å². The second kappa shape index (κ2) is 5.23. The molecule has 1 aromatic rings. The molecule has 0 bridgehead atoms. The van der Waals surface area contributed by atoms with Crippen molar-refractivity contribution in [3.8, 4) is 0 Å². The second-order valence-corrected chi connectivity index (χ2v) is 5.59. The highest BCUT2D eigenvalue weighted by molar-refractivity contribution is 5.99. The van der Waals surface area contributed by atoms with Crippen LogP contribution in [-0.4, -0.2) is 33.3 Å². The fourth-order valence-electron chi connectivity index (χ4n) is 2.36. The number of aryl methyl sites for hydroxylation is 1. The van der Waals surface area contributed by atoms with Crippen LogP contribution in [0.2, 0.25) is 0 Å². The van der Waals surface area contributed by atoms with Gasteiger partial charge in [-0.2, -0.15) is 0 Å². The molecule has 20 heavy (non-hydrogen) atoms. The number of pyridine rings is 1. The van der Waals surface area contributed by atoms with Crippen molar-refractivity contribution in [1.29, 1.82) is 0 Å². The van der Waals surface area contributed by atoms with Crippen LogP contribution in [-0.2, 0) is 16.1 Å². The number of amides is 2. The highest BCUT2D eigenvalue weighted by atomic mass is 16.2. The molecule has 1 N–H and O–H groups in total. The third kappa shape index (κ3) is 2.40. The summed E-state index contributed by atoms with van der Waals surface area (Å²) in [7, 11) is 0. The lowest BCUT2D eigenvalue weighted by Gasteiger charge is -2.43. The van der Waals surface area contributed by atoms with Gasteiger partial charge in [0, 0.05) is 18.9 Å². The molecule has 1 aliphatic heterocycles. The van der Waals surface area contributed by atoms with E-state index in [9.17, 15) is 9.59 Å². The Morgan fingerprint density at radius 1 is 1.45 bits per heavy atom. The van der Waals surface area contributed by atoms with Crippen molar-refractivity contribution in [1.82, 2.24) is 15.2 Å². The van der Waals surface area contributed by atoms with Gasteiger partial charge in [0.25, 0.3) is 0 Å². The molecule has 108 valence electrons. The number of hydrogen-bond acceptors (Lipinski definition) is 3. The molecule has 0 saturated carbocycles. The number of nitrogens with one attached hydrogen (secondary N) is 1. The molecule has 1 aromatic heterocycles. The summed E-state index contributed by atoms with van der Waals surface area (Å²) in [5, 5.41) is 2.83. The number of piperazine rings is 1. The Bertz CT molecular complexity index is 544. The quantitative estimate of drug-likeness (QED) is 0.907. The second-order valence-electron chi connectivity index (χ2n) is 5.59. The molecular formula is C15H21N3O2. The molecule has 0 spiro atoms. The van der Waals surface area contributed by atoms with Crippen molar-refractivity contribution in [3.63, 3.8) is 0 Å². The molecule has 2 unspecified atom stereocenters. The van der Waals surface area contributed by atoms with Crippen molar-refractivity contribution in [3.05, 3.63) is 29.6 Å². The normalized spacial score (nSPS) is 26.6. The van der Waals surface area contributed by atoms with Gasteiger partial charge in [-0.1, -0.05) is 6.92 Å². The Kier molecular flexibility index (Phi) is 3.79. The zero-order valence-electron chi connectivity index (χ0n) is 12.4. The number of carbonyl (C=O) groups excluding carboxylic acids is 2. The summed E-state index contributed by atoms with van der Waals surface area (Å²) < 4.78 is 0. The SMILES string of the molecule is CCC1(C)NC(=O)C(C)N(Cc2cnccc2C)C1=O. The van der Waals surface area contributed by atoms with E-state index in [-0.39, 0.29) is 11.8 Å². The lowest BCUT2D eigenvalue weighted by molar-refractivity contribution is -0.154. The van der Waals surface area contributed by atoms with Gasteiger partial charge in [-0.05, 0) is 44.4 Å². The monoisotopic (exact) mass is 275 g/mol. The minimum absolute atomic E-state index is 0.0321. The van der Waals surface area contributed by atoms with E-state index in [1.807, 2.05) is 19.9 Å². The Morgan fingerprint density at radius 3 is 2.75 bits per heavy atom. The molecular weight excluding hydrogens is 254 g/mol. The van der Waals surface area contributed by atoms with Crippen LogP contribution in [0.15, 0.2) is 18.5 Å². The lowest BCUT2D eigenvalue weighted by Crippen LogP contribution is -2.68. The number of nitrogens with zero attached hydrogens (tertiary/aromatic N) is 2. The maximum absolute atomic E-state index is 12.6. The highest BCUT2D eigenvalue weighted by Crippen LogP contribution is 2.23. The van der Waals surface area contributed by atoms with Crippen LogP contribution in [0.4, 0.5) is 0 Å². The topological polar surface area (TPSA) is 62.3 Å². The van der Waals surface area contributed by atoms with Crippen molar-refractivity contribution in [2.45, 2.75) is 52.2 Å². The first kappa shape index (κ1) is 14.5. The van der Waals surface area contributed by atoms with Gasteiger partial charge in [0.1, 0.15) is 11.6 Å². The number of carbonyl (C=O) groups is 2. The maximum atomic E-state index is 12.6. The third-order valence-corrected chi connectivity index (χ3v) is 4.17. The minimum Gasteiger partial charge on any atom is -0.340 e. The predicted octanol–water partition coefficient (Wildman–Crippen LogP) is 1.41. The first-order valence-electron chi connectivity index (χ1n) is 6.91. The van der Waals surface area contributed by atoms with Crippen molar-refractivity contribution in [2.24, 2.45) is 0 Å². The maximum Gasteiger partial charge on any atom is 0.249 e. The zero-order chi connectivity index (χ0) is 14.9. The average Bonchev–Trinajstić information content (AvgIpc) is 2.43. The predicted molar refractivity (Wildman–Crippen MR) is 75.8 cm³/mol. The van der Waals surface area contributed by atoms with Crippen molar-refractivity contribution in [2.75, 3.05) is 0 Å². The largest absolute Gasteiger partial charge is 0.340 e. The Morgan fingerprint density at radius 2 is 2.15 bits per heavy atom. The van der Waals surface area contributed by atoms with E-state index in [0.29, 0.717) is 13.0 Å². The van der Waals surface area contributed by atoms with Crippen LogP contribution in [0.5, 0.6) is 0 Å². The molecule has 2 amide bonds. The van der Waals surface area contributed by atoms with Crippen molar-refractivity contribution >= 4 is 11.8 Å². The molecule has 1 aliphatic rings. The molecule has 1 fully saturated rings. The minimum atomic E-state index is -0.806.